The molecule has 1 aliphatic heterocycles. The van der Waals surface area contributed by atoms with Gasteiger partial charge in [0.15, 0.2) is 0 Å². The van der Waals surface area contributed by atoms with E-state index >= 15 is 0 Å². The minimum Gasteiger partial charge on any atom is -0.507 e. The van der Waals surface area contributed by atoms with Crippen LogP contribution in [0.15, 0.2) is 54.1 Å². The Balaban J connectivity index is 2.15. The number of rotatable bonds is 8. The van der Waals surface area contributed by atoms with Crippen LogP contribution in [0, 0.1) is 0 Å². The number of aliphatic hydroxyl groups is 1. The summed E-state index contributed by atoms with van der Waals surface area (Å²) in [4.78, 5) is 27.1. The van der Waals surface area contributed by atoms with Gasteiger partial charge in [0.2, 0.25) is 0 Å². The predicted octanol–water partition coefficient (Wildman–Crippen LogP) is 3.16. The molecule has 1 aliphatic rings. The van der Waals surface area contributed by atoms with Crippen LogP contribution in [0.4, 0.5) is 0 Å². The normalized spacial score (nSPS) is 18.0. The number of aliphatic hydroxyl groups excluding tert-OH is 1. The van der Waals surface area contributed by atoms with E-state index in [9.17, 15) is 14.7 Å². The summed E-state index contributed by atoms with van der Waals surface area (Å²) in [6, 6.07) is 13.1. The van der Waals surface area contributed by atoms with Gasteiger partial charge in [0.25, 0.3) is 11.7 Å². The van der Waals surface area contributed by atoms with Crippen LogP contribution >= 0.6 is 0 Å². The zero-order valence-corrected chi connectivity index (χ0v) is 17.3. The van der Waals surface area contributed by atoms with Crippen molar-refractivity contribution >= 4 is 17.4 Å². The Morgan fingerprint density at radius 3 is 2.50 bits per heavy atom. The van der Waals surface area contributed by atoms with Crippen LogP contribution in [0.1, 0.15) is 24.1 Å². The summed E-state index contributed by atoms with van der Waals surface area (Å²) in [6.07, 6.45) is 0. The SMILES string of the molecule is CCOc1cccc(/C(O)=C2/C(=O)C(=O)N(CCOC)C2c2cccc(OC)c2)c1. The first-order valence-corrected chi connectivity index (χ1v) is 9.66. The van der Waals surface area contributed by atoms with Gasteiger partial charge >= 0.3 is 0 Å². The number of amides is 1. The molecule has 2 aromatic rings. The van der Waals surface area contributed by atoms with E-state index in [1.54, 1.807) is 55.6 Å². The molecule has 1 unspecified atom stereocenters. The molecule has 0 aliphatic carbocycles. The summed E-state index contributed by atoms with van der Waals surface area (Å²) in [7, 11) is 3.07. The zero-order chi connectivity index (χ0) is 21.7. The molecule has 1 fully saturated rings. The van der Waals surface area contributed by atoms with Crippen LogP contribution < -0.4 is 9.47 Å². The van der Waals surface area contributed by atoms with Crippen LogP contribution in [0.5, 0.6) is 11.5 Å². The number of benzene rings is 2. The molecule has 3 rings (SSSR count). The highest BCUT2D eigenvalue weighted by molar-refractivity contribution is 6.46. The molecule has 1 amide bonds. The van der Waals surface area contributed by atoms with Gasteiger partial charge in [-0.1, -0.05) is 24.3 Å². The van der Waals surface area contributed by atoms with Gasteiger partial charge in [-0.3, -0.25) is 9.59 Å². The number of Topliss-reactive ketones (excluding diaryl/α,β-unsaturated/α-hetero) is 1. The summed E-state index contributed by atoms with van der Waals surface area (Å²) in [6.45, 7) is 2.79. The number of hydrogen-bond acceptors (Lipinski definition) is 6. The molecule has 1 atom stereocenters. The molecule has 7 heteroatoms. The first-order valence-electron chi connectivity index (χ1n) is 9.66. The Morgan fingerprint density at radius 2 is 1.80 bits per heavy atom. The van der Waals surface area contributed by atoms with E-state index in [1.165, 1.54) is 12.0 Å². The number of nitrogens with zero attached hydrogens (tertiary/aromatic N) is 1. The minimum atomic E-state index is -0.758. The maximum Gasteiger partial charge on any atom is 0.295 e. The summed E-state index contributed by atoms with van der Waals surface area (Å²) in [5.74, 6) is -0.514. The van der Waals surface area contributed by atoms with E-state index < -0.39 is 17.7 Å². The van der Waals surface area contributed by atoms with Crippen LogP contribution in [-0.2, 0) is 14.3 Å². The minimum absolute atomic E-state index is 0.0259. The maximum absolute atomic E-state index is 12.9. The first-order chi connectivity index (χ1) is 14.5. The average molecular weight is 411 g/mol. The number of carbonyl (C=O) groups is 2. The van der Waals surface area contributed by atoms with Crippen molar-refractivity contribution in [3.05, 3.63) is 65.2 Å². The van der Waals surface area contributed by atoms with Crippen molar-refractivity contribution in [2.75, 3.05) is 34.0 Å². The molecule has 0 bridgehead atoms. The first kappa shape index (κ1) is 21.4. The molecule has 1 heterocycles. The molecule has 1 saturated heterocycles. The highest BCUT2D eigenvalue weighted by Gasteiger charge is 2.46. The average Bonchev–Trinajstić information content (AvgIpc) is 3.02. The Bertz CT molecular complexity index is 968. The van der Waals surface area contributed by atoms with Gasteiger partial charge in [-0.2, -0.15) is 0 Å². The molecular formula is C23H25NO6. The Kier molecular flexibility index (Phi) is 6.74. The van der Waals surface area contributed by atoms with E-state index in [1.807, 2.05) is 6.92 Å². The molecule has 1 N–H and O–H groups in total. The van der Waals surface area contributed by atoms with E-state index in [-0.39, 0.29) is 24.5 Å². The quantitative estimate of drug-likeness (QED) is 0.408. The van der Waals surface area contributed by atoms with Crippen LogP contribution in [0.3, 0.4) is 0 Å². The second kappa shape index (κ2) is 9.45. The summed E-state index contributed by atoms with van der Waals surface area (Å²) >= 11 is 0. The molecule has 0 spiro atoms. The van der Waals surface area contributed by atoms with Crippen molar-refractivity contribution < 1.29 is 28.9 Å². The fourth-order valence-electron chi connectivity index (χ4n) is 3.51. The van der Waals surface area contributed by atoms with Gasteiger partial charge in [-0.25, -0.2) is 0 Å². The van der Waals surface area contributed by atoms with Crippen molar-refractivity contribution in [2.45, 2.75) is 13.0 Å². The largest absolute Gasteiger partial charge is 0.507 e. The molecule has 30 heavy (non-hydrogen) atoms. The smallest absolute Gasteiger partial charge is 0.295 e. The van der Waals surface area contributed by atoms with Crippen LogP contribution in [0.25, 0.3) is 5.76 Å². The number of hydrogen-bond donors (Lipinski definition) is 1. The highest BCUT2D eigenvalue weighted by atomic mass is 16.5. The number of likely N-dealkylation sites (tertiary alicyclic amines) is 1. The van der Waals surface area contributed by atoms with Gasteiger partial charge < -0.3 is 24.2 Å². The van der Waals surface area contributed by atoms with Crippen molar-refractivity contribution in [3.63, 3.8) is 0 Å². The Morgan fingerprint density at radius 1 is 1.07 bits per heavy atom. The predicted molar refractivity (Wildman–Crippen MR) is 111 cm³/mol. The molecule has 0 saturated carbocycles. The maximum atomic E-state index is 12.9. The zero-order valence-electron chi connectivity index (χ0n) is 17.3. The molecular weight excluding hydrogens is 386 g/mol. The second-order valence-electron chi connectivity index (χ2n) is 6.72. The van der Waals surface area contributed by atoms with Gasteiger partial charge in [0, 0.05) is 19.2 Å². The third-order valence-electron chi connectivity index (χ3n) is 4.90. The standard InChI is InChI=1S/C23H25NO6/c1-4-30-18-10-6-8-16(14-18)21(25)19-20(15-7-5-9-17(13-15)29-3)24(11-12-28-2)23(27)22(19)26/h5-10,13-14,20,25H,4,11-12H2,1-3H3/b21-19-. The monoisotopic (exact) mass is 411 g/mol. The fourth-order valence-corrected chi connectivity index (χ4v) is 3.51. The fraction of sp³-hybridized carbons (Fsp3) is 0.304. The van der Waals surface area contributed by atoms with Gasteiger partial charge in [-0.15, -0.1) is 0 Å². The van der Waals surface area contributed by atoms with Crippen molar-refractivity contribution in [3.8, 4) is 11.5 Å². The third-order valence-corrected chi connectivity index (χ3v) is 4.90. The number of ether oxygens (including phenoxy) is 3. The van der Waals surface area contributed by atoms with E-state index in [0.717, 1.165) is 0 Å². The number of carbonyl (C=O) groups excluding carboxylic acids is 2. The van der Waals surface area contributed by atoms with Crippen molar-refractivity contribution in [1.82, 2.24) is 4.90 Å². The third kappa shape index (κ3) is 4.16. The number of methoxy groups -OCH3 is 2. The van der Waals surface area contributed by atoms with Crippen molar-refractivity contribution in [1.29, 1.82) is 0 Å². The summed E-state index contributed by atoms with van der Waals surface area (Å²) in [5.41, 5.74) is 1.09. The molecule has 7 nitrogen and oxygen atoms in total. The van der Waals surface area contributed by atoms with Gasteiger partial charge in [0.1, 0.15) is 17.3 Å². The molecule has 2 aromatic carbocycles. The van der Waals surface area contributed by atoms with E-state index in [4.69, 9.17) is 14.2 Å². The summed E-state index contributed by atoms with van der Waals surface area (Å²) in [5, 5.41) is 11.1. The Labute approximate surface area is 175 Å². The van der Waals surface area contributed by atoms with Gasteiger partial charge in [-0.05, 0) is 36.8 Å². The lowest BCUT2D eigenvalue weighted by atomic mass is 9.95. The van der Waals surface area contributed by atoms with Crippen LogP contribution in [-0.4, -0.2) is 55.7 Å². The van der Waals surface area contributed by atoms with E-state index in [0.29, 0.717) is 29.2 Å². The molecule has 0 aromatic heterocycles. The van der Waals surface area contributed by atoms with Gasteiger partial charge in [0.05, 0.1) is 31.9 Å². The summed E-state index contributed by atoms with van der Waals surface area (Å²) < 4.78 is 15.9. The number of ketones is 1. The molecule has 158 valence electrons. The lowest BCUT2D eigenvalue weighted by molar-refractivity contribution is -0.140. The lowest BCUT2D eigenvalue weighted by Crippen LogP contribution is -2.32. The van der Waals surface area contributed by atoms with Crippen LogP contribution in [0.2, 0.25) is 0 Å². The van der Waals surface area contributed by atoms with E-state index in [2.05, 4.69) is 0 Å². The molecule has 0 radical (unpaired) electrons. The highest BCUT2D eigenvalue weighted by Crippen LogP contribution is 2.40. The topological polar surface area (TPSA) is 85.3 Å². The second-order valence-corrected chi connectivity index (χ2v) is 6.72. The van der Waals surface area contributed by atoms with Crippen molar-refractivity contribution in [2.24, 2.45) is 0 Å². The Hall–Kier alpha value is -3.32. The lowest BCUT2D eigenvalue weighted by Gasteiger charge is -2.25.